The molecule has 144 valence electrons. The molecule has 1 saturated carbocycles. The molecule has 7 nitrogen and oxygen atoms in total. The highest BCUT2D eigenvalue weighted by Crippen LogP contribution is 2.35. The van der Waals surface area contributed by atoms with Gasteiger partial charge in [-0.1, -0.05) is 19.9 Å². The molecule has 0 aromatic heterocycles. The van der Waals surface area contributed by atoms with Crippen molar-refractivity contribution < 1.29 is 35.1 Å². The minimum Gasteiger partial charge on any atom is -0.504 e. The van der Waals surface area contributed by atoms with Crippen molar-refractivity contribution in [2.45, 2.75) is 57.0 Å². The summed E-state index contributed by atoms with van der Waals surface area (Å²) in [6.45, 7) is 3.87. The van der Waals surface area contributed by atoms with Crippen LogP contribution in [0.25, 0.3) is 6.08 Å². The first kappa shape index (κ1) is 20.2. The fourth-order valence-electron chi connectivity index (χ4n) is 3.37. The van der Waals surface area contributed by atoms with Crippen molar-refractivity contribution in [3.05, 3.63) is 29.8 Å². The van der Waals surface area contributed by atoms with Crippen LogP contribution in [0.5, 0.6) is 11.5 Å². The normalized spacial score (nSPS) is 29.2. The van der Waals surface area contributed by atoms with E-state index in [0.717, 1.165) is 6.08 Å². The molecule has 4 atom stereocenters. The van der Waals surface area contributed by atoms with Gasteiger partial charge in [-0.15, -0.1) is 0 Å². The van der Waals surface area contributed by atoms with Crippen LogP contribution in [0.2, 0.25) is 0 Å². The Bertz CT molecular complexity index is 670. The molecule has 1 aromatic rings. The van der Waals surface area contributed by atoms with Crippen LogP contribution in [0.15, 0.2) is 24.3 Å². The Morgan fingerprint density at radius 1 is 1.27 bits per heavy atom. The number of carbonyl (C=O) groups excluding carboxylic acids is 1. The third kappa shape index (κ3) is 5.20. The van der Waals surface area contributed by atoms with Crippen molar-refractivity contribution in [3.63, 3.8) is 0 Å². The van der Waals surface area contributed by atoms with E-state index in [0.29, 0.717) is 12.0 Å². The van der Waals surface area contributed by atoms with Crippen molar-refractivity contribution in [2.24, 2.45) is 5.92 Å². The molecule has 1 aromatic carbocycles. The number of aliphatic hydroxyl groups is 3. The molecule has 7 heteroatoms. The summed E-state index contributed by atoms with van der Waals surface area (Å²) in [5.74, 6) is -1.15. The number of phenolic OH excluding ortho intramolecular Hbond substituents is 2. The van der Waals surface area contributed by atoms with E-state index in [1.165, 1.54) is 24.3 Å². The fourth-order valence-corrected chi connectivity index (χ4v) is 3.37. The first-order valence-electron chi connectivity index (χ1n) is 8.59. The Morgan fingerprint density at radius 2 is 1.96 bits per heavy atom. The van der Waals surface area contributed by atoms with E-state index in [1.807, 2.05) is 13.8 Å². The van der Waals surface area contributed by atoms with E-state index in [-0.39, 0.29) is 30.3 Å². The predicted molar refractivity (Wildman–Crippen MR) is 94.3 cm³/mol. The number of hydrogen-bond acceptors (Lipinski definition) is 7. The number of hydrogen-bond donors (Lipinski definition) is 5. The number of aromatic hydroxyl groups is 2. The van der Waals surface area contributed by atoms with Crippen LogP contribution in [0, 0.1) is 5.92 Å². The lowest BCUT2D eigenvalue weighted by atomic mass is 9.75. The zero-order chi connectivity index (χ0) is 19.5. The second-order valence-electron chi connectivity index (χ2n) is 7.35. The van der Waals surface area contributed by atoms with Gasteiger partial charge in [0.1, 0.15) is 12.2 Å². The maximum atomic E-state index is 12.0. The van der Waals surface area contributed by atoms with Crippen LogP contribution >= 0.6 is 0 Å². The summed E-state index contributed by atoms with van der Waals surface area (Å²) in [4.78, 5) is 12.0. The molecule has 1 aliphatic carbocycles. The topological polar surface area (TPSA) is 127 Å². The first-order chi connectivity index (χ1) is 12.1. The molecule has 0 heterocycles. The van der Waals surface area contributed by atoms with E-state index in [2.05, 4.69) is 0 Å². The molecular formula is C19H26O7. The van der Waals surface area contributed by atoms with Crippen molar-refractivity contribution in [1.29, 1.82) is 0 Å². The van der Waals surface area contributed by atoms with Gasteiger partial charge < -0.3 is 30.3 Å². The largest absolute Gasteiger partial charge is 0.504 e. The molecule has 0 spiro atoms. The van der Waals surface area contributed by atoms with E-state index in [1.54, 1.807) is 0 Å². The Morgan fingerprint density at radius 3 is 2.58 bits per heavy atom. The van der Waals surface area contributed by atoms with Crippen LogP contribution in [0.4, 0.5) is 0 Å². The number of ether oxygens (including phenoxy) is 1. The zero-order valence-corrected chi connectivity index (χ0v) is 14.9. The van der Waals surface area contributed by atoms with Gasteiger partial charge in [-0.3, -0.25) is 0 Å². The summed E-state index contributed by atoms with van der Waals surface area (Å²) in [5.41, 5.74) is -0.734. The highest BCUT2D eigenvalue weighted by atomic mass is 16.6. The minimum atomic E-state index is -1.27. The van der Waals surface area contributed by atoms with Crippen molar-refractivity contribution in [3.8, 4) is 11.5 Å². The summed E-state index contributed by atoms with van der Waals surface area (Å²) in [7, 11) is 0. The number of phenols is 2. The van der Waals surface area contributed by atoms with Crippen molar-refractivity contribution in [1.82, 2.24) is 0 Å². The van der Waals surface area contributed by atoms with Gasteiger partial charge in [0.2, 0.25) is 0 Å². The smallest absolute Gasteiger partial charge is 0.331 e. The molecule has 0 aliphatic heterocycles. The van der Waals surface area contributed by atoms with Gasteiger partial charge >= 0.3 is 5.97 Å². The van der Waals surface area contributed by atoms with E-state index in [9.17, 15) is 30.3 Å². The summed E-state index contributed by atoms with van der Waals surface area (Å²) in [6.07, 6.45) is -0.470. The molecule has 0 bridgehead atoms. The summed E-state index contributed by atoms with van der Waals surface area (Å²) in [6, 6.07) is 4.06. The van der Waals surface area contributed by atoms with Crippen LogP contribution in [0.1, 0.15) is 38.7 Å². The molecule has 0 saturated heterocycles. The monoisotopic (exact) mass is 366 g/mol. The number of aliphatic hydroxyl groups excluding tert-OH is 2. The molecule has 0 amide bonds. The second kappa shape index (κ2) is 8.07. The predicted octanol–water partition coefficient (Wildman–Crippen LogP) is 1.32. The van der Waals surface area contributed by atoms with Crippen LogP contribution in [-0.2, 0) is 9.53 Å². The van der Waals surface area contributed by atoms with Gasteiger partial charge in [0.15, 0.2) is 11.5 Å². The Balaban J connectivity index is 2.03. The maximum absolute atomic E-state index is 12.0. The number of benzene rings is 1. The molecule has 26 heavy (non-hydrogen) atoms. The number of rotatable bonds is 5. The molecule has 0 radical (unpaired) electrons. The quantitative estimate of drug-likeness (QED) is 0.302. The van der Waals surface area contributed by atoms with Gasteiger partial charge in [-0.05, 0) is 36.1 Å². The molecule has 2 unspecified atom stereocenters. The SMILES string of the molecule is CC(C)C[C@]1(O)CC(O)C(O)[C@H](OC(=O)/C=C/c2ccc(O)c(O)c2)C1. The Hall–Kier alpha value is -2.09. The minimum absolute atomic E-state index is 0.0308. The fraction of sp³-hybridized carbons (Fsp3) is 0.526. The van der Waals surface area contributed by atoms with Gasteiger partial charge in [0.05, 0.1) is 11.7 Å². The van der Waals surface area contributed by atoms with Gasteiger partial charge in [0.25, 0.3) is 0 Å². The zero-order valence-electron chi connectivity index (χ0n) is 14.9. The lowest BCUT2D eigenvalue weighted by Crippen LogP contribution is -2.54. The average Bonchev–Trinajstić information content (AvgIpc) is 2.52. The van der Waals surface area contributed by atoms with Gasteiger partial charge in [0, 0.05) is 18.9 Å². The molecular weight excluding hydrogens is 340 g/mol. The molecule has 2 rings (SSSR count). The van der Waals surface area contributed by atoms with E-state index >= 15 is 0 Å². The molecule has 1 fully saturated rings. The van der Waals surface area contributed by atoms with Crippen LogP contribution in [0.3, 0.4) is 0 Å². The van der Waals surface area contributed by atoms with E-state index in [4.69, 9.17) is 4.74 Å². The standard InChI is InChI=1S/C19H26O7/c1-11(2)8-19(25)9-15(22)18(24)16(10-19)26-17(23)6-4-12-3-5-13(20)14(21)7-12/h3-7,11,15-16,18,20-22,24-25H,8-10H2,1-2H3/b6-4+/t15?,16-,18?,19+/m1/s1. The Kier molecular flexibility index (Phi) is 6.28. The van der Waals surface area contributed by atoms with Crippen molar-refractivity contribution in [2.75, 3.05) is 0 Å². The summed E-state index contributed by atoms with van der Waals surface area (Å²) >= 11 is 0. The maximum Gasteiger partial charge on any atom is 0.331 e. The van der Waals surface area contributed by atoms with E-state index < -0.39 is 29.9 Å². The lowest BCUT2D eigenvalue weighted by Gasteiger charge is -2.42. The highest BCUT2D eigenvalue weighted by molar-refractivity contribution is 5.87. The average molecular weight is 366 g/mol. The van der Waals surface area contributed by atoms with Gasteiger partial charge in [-0.25, -0.2) is 4.79 Å². The highest BCUT2D eigenvalue weighted by Gasteiger charge is 2.45. The summed E-state index contributed by atoms with van der Waals surface area (Å²) in [5, 5.41) is 49.4. The molecule has 5 N–H and O–H groups in total. The third-order valence-corrected chi connectivity index (χ3v) is 4.41. The second-order valence-corrected chi connectivity index (χ2v) is 7.35. The number of carbonyl (C=O) groups is 1. The van der Waals surface area contributed by atoms with Crippen LogP contribution in [-0.4, -0.2) is 55.4 Å². The van der Waals surface area contributed by atoms with Crippen LogP contribution < -0.4 is 0 Å². The first-order valence-corrected chi connectivity index (χ1v) is 8.59. The lowest BCUT2D eigenvalue weighted by molar-refractivity contribution is -0.183. The molecule has 1 aliphatic rings. The van der Waals surface area contributed by atoms with Crippen molar-refractivity contribution >= 4 is 12.0 Å². The Labute approximate surface area is 152 Å². The van der Waals surface area contributed by atoms with Gasteiger partial charge in [-0.2, -0.15) is 0 Å². The third-order valence-electron chi connectivity index (χ3n) is 4.41. The summed E-state index contributed by atoms with van der Waals surface area (Å²) < 4.78 is 5.22. The number of esters is 1.